The quantitative estimate of drug-likeness (QED) is 0.758. The van der Waals surface area contributed by atoms with Crippen LogP contribution >= 0.6 is 11.6 Å². The molecule has 2 heterocycles. The van der Waals surface area contributed by atoms with Gasteiger partial charge in [-0.15, -0.1) is 0 Å². The third kappa shape index (κ3) is 3.79. The van der Waals surface area contributed by atoms with Gasteiger partial charge in [0.25, 0.3) is 0 Å². The summed E-state index contributed by atoms with van der Waals surface area (Å²) >= 11 is 6.17. The maximum absolute atomic E-state index is 11.5. The number of hydrogen-bond donors (Lipinski definition) is 0. The molecule has 24 heavy (non-hydrogen) atoms. The van der Waals surface area contributed by atoms with Crippen LogP contribution in [-0.2, 0) is 11.0 Å². The van der Waals surface area contributed by atoms with Crippen LogP contribution in [0.4, 0.5) is 0 Å². The van der Waals surface area contributed by atoms with Crippen LogP contribution in [0, 0.1) is 0 Å². The van der Waals surface area contributed by atoms with Gasteiger partial charge in [0.2, 0.25) is 0 Å². The van der Waals surface area contributed by atoms with E-state index >= 15 is 0 Å². The first-order valence-electron chi connectivity index (χ1n) is 7.90. The second kappa shape index (κ2) is 7.63. The number of benzene rings is 1. The average molecular weight is 370 g/mol. The zero-order chi connectivity index (χ0) is 17.1. The first-order valence-corrected chi connectivity index (χ1v) is 9.80. The van der Waals surface area contributed by atoms with Crippen LogP contribution < -0.4 is 9.47 Å². The summed E-state index contributed by atoms with van der Waals surface area (Å²) < 4.78 is 25.4. The molecule has 8 heteroatoms. The van der Waals surface area contributed by atoms with E-state index in [4.69, 9.17) is 21.1 Å². The Morgan fingerprint density at radius 3 is 2.71 bits per heavy atom. The summed E-state index contributed by atoms with van der Waals surface area (Å²) in [6, 6.07) is 3.67. The Hall–Kier alpha value is -1.44. The van der Waals surface area contributed by atoms with Gasteiger partial charge in [0.1, 0.15) is 17.6 Å². The highest BCUT2D eigenvalue weighted by Crippen LogP contribution is 2.35. The van der Waals surface area contributed by atoms with Crippen LogP contribution in [0.3, 0.4) is 0 Å². The van der Waals surface area contributed by atoms with Crippen LogP contribution in [0.25, 0.3) is 10.9 Å². The number of rotatable bonds is 5. The van der Waals surface area contributed by atoms with Gasteiger partial charge in [-0.3, -0.25) is 0 Å². The molecule has 1 aromatic heterocycles. The van der Waals surface area contributed by atoms with Crippen molar-refractivity contribution < 1.29 is 13.7 Å². The van der Waals surface area contributed by atoms with E-state index in [1.807, 2.05) is 23.4 Å². The van der Waals surface area contributed by atoms with Crippen molar-refractivity contribution in [3.63, 3.8) is 0 Å². The Labute approximate surface area is 148 Å². The number of hydrogen-bond acceptors (Lipinski definition) is 5. The van der Waals surface area contributed by atoms with Gasteiger partial charge in [0.15, 0.2) is 11.5 Å². The number of fused-ring (bicyclic) bond motifs is 1. The topological polar surface area (TPSA) is 64.6 Å². The average Bonchev–Trinajstić information content (AvgIpc) is 2.57. The molecule has 0 spiro atoms. The molecule has 1 aromatic carbocycles. The fourth-order valence-electron chi connectivity index (χ4n) is 2.78. The summed E-state index contributed by atoms with van der Waals surface area (Å²) in [5.74, 6) is 1.30. The zero-order valence-corrected chi connectivity index (χ0v) is 15.3. The molecule has 1 atom stereocenters. The lowest BCUT2D eigenvalue weighted by Gasteiger charge is -2.30. The summed E-state index contributed by atoms with van der Waals surface area (Å²) in [4.78, 5) is 8.25. The van der Waals surface area contributed by atoms with Gasteiger partial charge in [-0.1, -0.05) is 11.6 Å². The van der Waals surface area contributed by atoms with Gasteiger partial charge in [-0.25, -0.2) is 18.5 Å². The number of piperidine rings is 1. The smallest absolute Gasteiger partial charge is 0.163 e. The van der Waals surface area contributed by atoms with E-state index in [0.29, 0.717) is 23.3 Å². The predicted molar refractivity (Wildman–Crippen MR) is 95.0 cm³/mol. The number of ether oxygens (including phenoxy) is 2. The van der Waals surface area contributed by atoms with E-state index < -0.39 is 11.0 Å². The molecule has 0 N–H and O–H groups in total. The zero-order valence-electron chi connectivity index (χ0n) is 13.7. The second-order valence-electron chi connectivity index (χ2n) is 5.58. The monoisotopic (exact) mass is 369 g/mol. The van der Waals surface area contributed by atoms with Crippen LogP contribution in [0.5, 0.6) is 11.5 Å². The molecule has 6 nitrogen and oxygen atoms in total. The van der Waals surface area contributed by atoms with E-state index in [2.05, 4.69) is 9.97 Å². The Morgan fingerprint density at radius 2 is 2.04 bits per heavy atom. The van der Waals surface area contributed by atoms with Crippen molar-refractivity contribution in [3.05, 3.63) is 23.6 Å². The van der Waals surface area contributed by atoms with E-state index in [1.165, 1.54) is 6.33 Å². The molecule has 2 aromatic rings. The molecule has 0 bridgehead atoms. The molecule has 1 aliphatic heterocycles. The molecule has 0 aliphatic carbocycles. The van der Waals surface area contributed by atoms with E-state index in [-0.39, 0.29) is 6.10 Å². The molecule has 1 unspecified atom stereocenters. The van der Waals surface area contributed by atoms with Crippen molar-refractivity contribution in [3.8, 4) is 11.5 Å². The van der Waals surface area contributed by atoms with Gasteiger partial charge >= 0.3 is 0 Å². The highest BCUT2D eigenvalue weighted by atomic mass is 35.5. The van der Waals surface area contributed by atoms with Crippen molar-refractivity contribution in [2.24, 2.45) is 0 Å². The van der Waals surface area contributed by atoms with Gasteiger partial charge in [-0.2, -0.15) is 0 Å². The summed E-state index contributed by atoms with van der Waals surface area (Å²) in [6.07, 6.45) is 4.84. The van der Waals surface area contributed by atoms with Gasteiger partial charge in [0.05, 0.1) is 23.1 Å². The number of aromatic nitrogens is 2. The predicted octanol–water partition coefficient (Wildman–Crippen LogP) is 2.82. The maximum Gasteiger partial charge on any atom is 0.163 e. The highest BCUT2D eigenvalue weighted by Gasteiger charge is 2.23. The summed E-state index contributed by atoms with van der Waals surface area (Å²) in [6.45, 7) is 3.98. The largest absolute Gasteiger partial charge is 0.490 e. The maximum atomic E-state index is 11.5. The van der Waals surface area contributed by atoms with Crippen molar-refractivity contribution in [2.45, 2.75) is 25.9 Å². The van der Waals surface area contributed by atoms with Crippen molar-refractivity contribution >= 4 is 33.5 Å². The van der Waals surface area contributed by atoms with Crippen LogP contribution in [0.2, 0.25) is 5.15 Å². The standard InChI is InChI=1S/C16H20ClN3O3S/c1-3-22-14-9-13-12(16(17)19-10-18-13)8-15(14)23-11-4-6-20(7-5-11)24(2)21/h8-11H,3-7H2,1-2H3. The second-order valence-corrected chi connectivity index (χ2v) is 7.31. The van der Waals surface area contributed by atoms with Crippen molar-refractivity contribution in [1.29, 1.82) is 0 Å². The summed E-state index contributed by atoms with van der Waals surface area (Å²) in [5.41, 5.74) is 0.724. The molecule has 0 radical (unpaired) electrons. The first-order chi connectivity index (χ1) is 11.6. The lowest BCUT2D eigenvalue weighted by molar-refractivity contribution is 0.132. The Bertz CT molecular complexity index is 751. The van der Waals surface area contributed by atoms with E-state index in [1.54, 1.807) is 6.26 Å². The fourth-order valence-corrected chi connectivity index (χ4v) is 3.70. The molecule has 0 amide bonds. The van der Waals surface area contributed by atoms with Crippen LogP contribution in [-0.4, -0.2) is 50.5 Å². The third-order valence-electron chi connectivity index (χ3n) is 4.01. The number of nitrogens with zero attached hydrogens (tertiary/aromatic N) is 3. The molecule has 130 valence electrons. The minimum Gasteiger partial charge on any atom is -0.490 e. The summed E-state index contributed by atoms with van der Waals surface area (Å²) in [7, 11) is -0.923. The van der Waals surface area contributed by atoms with Crippen LogP contribution in [0.1, 0.15) is 19.8 Å². The molecular weight excluding hydrogens is 350 g/mol. The lowest BCUT2D eigenvalue weighted by Crippen LogP contribution is -2.38. The van der Waals surface area contributed by atoms with Gasteiger partial charge in [0, 0.05) is 30.8 Å². The highest BCUT2D eigenvalue weighted by molar-refractivity contribution is 7.81. The summed E-state index contributed by atoms with van der Waals surface area (Å²) in [5, 5.41) is 1.13. The van der Waals surface area contributed by atoms with Crippen LogP contribution in [0.15, 0.2) is 18.5 Å². The third-order valence-corrected chi connectivity index (χ3v) is 5.40. The van der Waals surface area contributed by atoms with Crippen molar-refractivity contribution in [2.75, 3.05) is 26.0 Å². The van der Waals surface area contributed by atoms with Gasteiger partial charge in [-0.05, 0) is 25.8 Å². The first kappa shape index (κ1) is 17.4. The molecule has 1 aliphatic rings. The molecule has 1 saturated heterocycles. The van der Waals surface area contributed by atoms with E-state index in [9.17, 15) is 4.21 Å². The minimum atomic E-state index is -0.923. The number of halogens is 1. The minimum absolute atomic E-state index is 0.0601. The molecule has 0 saturated carbocycles. The molecular formula is C16H20ClN3O3S. The molecule has 1 fully saturated rings. The van der Waals surface area contributed by atoms with E-state index in [0.717, 1.165) is 36.8 Å². The van der Waals surface area contributed by atoms with Crippen molar-refractivity contribution in [1.82, 2.24) is 14.3 Å². The Balaban J connectivity index is 1.84. The SMILES string of the molecule is CCOc1cc2ncnc(Cl)c2cc1OC1CCN(S(C)=O)CC1. The fraction of sp³-hybridized carbons (Fsp3) is 0.500. The lowest BCUT2D eigenvalue weighted by atomic mass is 10.1. The van der Waals surface area contributed by atoms with Gasteiger partial charge < -0.3 is 9.47 Å². The Morgan fingerprint density at radius 1 is 1.29 bits per heavy atom. The normalized spacial score (nSPS) is 17.8. The Kier molecular flexibility index (Phi) is 5.53. The molecule has 3 rings (SSSR count).